The second kappa shape index (κ2) is 3.53. The van der Waals surface area contributed by atoms with Crippen molar-refractivity contribution in [2.45, 2.75) is 24.9 Å². The van der Waals surface area contributed by atoms with E-state index in [1.54, 1.807) is 11.8 Å². The van der Waals surface area contributed by atoms with E-state index in [0.29, 0.717) is 0 Å². The Morgan fingerprint density at radius 1 is 1.83 bits per heavy atom. The molecule has 1 aliphatic heterocycles. The number of rotatable bonds is 2. The highest BCUT2D eigenvalue weighted by Crippen LogP contribution is 2.35. The summed E-state index contributed by atoms with van der Waals surface area (Å²) in [7, 11) is 0. The van der Waals surface area contributed by atoms with Crippen LogP contribution in [0.25, 0.3) is 0 Å². The molecule has 4 nitrogen and oxygen atoms in total. The van der Waals surface area contributed by atoms with E-state index in [1.807, 2.05) is 13.8 Å². The van der Waals surface area contributed by atoms with Crippen LogP contribution in [0, 0.1) is 0 Å². The molecule has 0 aliphatic carbocycles. The molecule has 12 heavy (non-hydrogen) atoms. The van der Waals surface area contributed by atoms with Gasteiger partial charge in [-0.15, -0.1) is 11.8 Å². The van der Waals surface area contributed by atoms with Crippen molar-refractivity contribution in [3.8, 4) is 0 Å². The van der Waals surface area contributed by atoms with E-state index in [2.05, 4.69) is 4.74 Å². The first-order valence-corrected chi connectivity index (χ1v) is 4.72. The largest absolute Gasteiger partial charge is 0.447 e. The van der Waals surface area contributed by atoms with Gasteiger partial charge in [0.25, 0.3) is 0 Å². The van der Waals surface area contributed by atoms with Gasteiger partial charge in [0, 0.05) is 5.75 Å². The number of primary amides is 1. The molecule has 2 N–H and O–H groups in total. The number of hydrogen-bond acceptors (Lipinski definition) is 4. The van der Waals surface area contributed by atoms with E-state index in [4.69, 9.17) is 10.5 Å². The lowest BCUT2D eigenvalue weighted by Crippen LogP contribution is -2.26. The summed E-state index contributed by atoms with van der Waals surface area (Å²) < 4.78 is 10.1. The molecule has 0 aromatic rings. The third kappa shape index (κ3) is 2.91. The summed E-state index contributed by atoms with van der Waals surface area (Å²) in [5, 5.41) is 0. The Hall–Kier alpha value is -0.420. The smallest absolute Gasteiger partial charge is 0.404 e. The van der Waals surface area contributed by atoms with E-state index in [0.717, 1.165) is 5.75 Å². The highest BCUT2D eigenvalue weighted by atomic mass is 32.2. The highest BCUT2D eigenvalue weighted by Gasteiger charge is 2.32. The zero-order valence-electron chi connectivity index (χ0n) is 7.20. The van der Waals surface area contributed by atoms with Gasteiger partial charge in [0.1, 0.15) is 17.6 Å². The van der Waals surface area contributed by atoms with Crippen molar-refractivity contribution in [3.05, 3.63) is 0 Å². The van der Waals surface area contributed by atoms with Crippen LogP contribution in [-0.2, 0) is 9.47 Å². The lowest BCUT2D eigenvalue weighted by molar-refractivity contribution is -0.0166. The van der Waals surface area contributed by atoms with Gasteiger partial charge in [-0.25, -0.2) is 4.79 Å². The predicted molar refractivity (Wildman–Crippen MR) is 46.9 cm³/mol. The highest BCUT2D eigenvalue weighted by molar-refractivity contribution is 8.00. The summed E-state index contributed by atoms with van der Waals surface area (Å²) in [6.07, 6.45) is -0.759. The molecule has 1 aliphatic rings. The SMILES string of the molecule is CC1(C)O[C@@H](COC(N)=O)CS1. The molecule has 1 atom stereocenters. The van der Waals surface area contributed by atoms with Gasteiger partial charge in [0.05, 0.1) is 0 Å². The minimum Gasteiger partial charge on any atom is -0.447 e. The Kier molecular flexibility index (Phi) is 2.85. The Bertz CT molecular complexity index is 183. The number of ether oxygens (including phenoxy) is 2. The van der Waals surface area contributed by atoms with Gasteiger partial charge in [0.15, 0.2) is 0 Å². The molecule has 70 valence electrons. The first kappa shape index (κ1) is 9.67. The molecule has 0 spiro atoms. The van der Waals surface area contributed by atoms with Gasteiger partial charge in [0.2, 0.25) is 0 Å². The van der Waals surface area contributed by atoms with Gasteiger partial charge >= 0.3 is 6.09 Å². The summed E-state index contributed by atoms with van der Waals surface area (Å²) >= 11 is 1.70. The normalized spacial score (nSPS) is 27.0. The number of carbonyl (C=O) groups is 1. The minimum atomic E-state index is -0.742. The molecule has 1 rings (SSSR count). The van der Waals surface area contributed by atoms with Gasteiger partial charge < -0.3 is 15.2 Å². The lowest BCUT2D eigenvalue weighted by Gasteiger charge is -2.17. The molecule has 0 saturated carbocycles. The van der Waals surface area contributed by atoms with Crippen LogP contribution in [0.15, 0.2) is 0 Å². The number of amides is 1. The molecule has 1 amide bonds. The molecule has 0 radical (unpaired) electrons. The fraction of sp³-hybridized carbons (Fsp3) is 0.857. The minimum absolute atomic E-state index is 0.0162. The van der Waals surface area contributed by atoms with Crippen LogP contribution >= 0.6 is 11.8 Å². The average molecular weight is 191 g/mol. The summed E-state index contributed by atoms with van der Waals surface area (Å²) in [5.74, 6) is 0.848. The number of thioether (sulfide) groups is 1. The van der Waals surface area contributed by atoms with Crippen molar-refractivity contribution in [3.63, 3.8) is 0 Å². The fourth-order valence-electron chi connectivity index (χ4n) is 1.02. The van der Waals surface area contributed by atoms with Gasteiger partial charge in [-0.2, -0.15) is 0 Å². The molecule has 1 heterocycles. The number of carbonyl (C=O) groups excluding carboxylic acids is 1. The van der Waals surface area contributed by atoms with Crippen molar-refractivity contribution >= 4 is 17.9 Å². The van der Waals surface area contributed by atoms with Crippen LogP contribution in [0.5, 0.6) is 0 Å². The summed E-state index contributed by atoms with van der Waals surface area (Å²) in [6.45, 7) is 4.23. The van der Waals surface area contributed by atoms with Crippen molar-refractivity contribution in [1.29, 1.82) is 0 Å². The quantitative estimate of drug-likeness (QED) is 0.706. The summed E-state index contributed by atoms with van der Waals surface area (Å²) in [6, 6.07) is 0. The molecule has 0 bridgehead atoms. The lowest BCUT2D eigenvalue weighted by atomic mass is 10.4. The summed E-state index contributed by atoms with van der Waals surface area (Å²) in [5.41, 5.74) is 4.81. The number of hydrogen-bond donors (Lipinski definition) is 1. The molecule has 0 aromatic carbocycles. The first-order chi connectivity index (χ1) is 5.49. The van der Waals surface area contributed by atoms with Crippen LogP contribution in [-0.4, -0.2) is 29.5 Å². The fourth-order valence-corrected chi connectivity index (χ4v) is 1.98. The Morgan fingerprint density at radius 3 is 2.92 bits per heavy atom. The van der Waals surface area contributed by atoms with Crippen LogP contribution in [0.2, 0.25) is 0 Å². The molecule has 1 saturated heterocycles. The number of nitrogens with two attached hydrogens (primary N) is 1. The average Bonchev–Trinajstić information content (AvgIpc) is 2.26. The maximum atomic E-state index is 10.3. The molecule has 5 heteroatoms. The van der Waals surface area contributed by atoms with Crippen molar-refractivity contribution in [2.24, 2.45) is 5.73 Å². The summed E-state index contributed by atoms with van der Waals surface area (Å²) in [4.78, 5) is 10.1. The standard InChI is InChI=1S/C7H13NO3S/c1-7(2)11-5(4-12-7)3-10-6(8)9/h5H,3-4H2,1-2H3,(H2,8,9)/t5-/m0/s1. The maximum absolute atomic E-state index is 10.3. The topological polar surface area (TPSA) is 61.6 Å². The van der Waals surface area contributed by atoms with Crippen LogP contribution in [0.4, 0.5) is 4.79 Å². The van der Waals surface area contributed by atoms with Gasteiger partial charge in [-0.1, -0.05) is 0 Å². The van der Waals surface area contributed by atoms with Crippen molar-refractivity contribution in [2.75, 3.05) is 12.4 Å². The zero-order valence-corrected chi connectivity index (χ0v) is 8.02. The predicted octanol–water partition coefficient (Wildman–Crippen LogP) is 0.950. The van der Waals surface area contributed by atoms with Crippen molar-refractivity contribution in [1.82, 2.24) is 0 Å². The zero-order chi connectivity index (χ0) is 9.19. The first-order valence-electron chi connectivity index (χ1n) is 3.73. The Balaban J connectivity index is 2.24. The van der Waals surface area contributed by atoms with Crippen LogP contribution in [0.1, 0.15) is 13.8 Å². The second-order valence-corrected chi connectivity index (χ2v) is 4.69. The van der Waals surface area contributed by atoms with Gasteiger partial charge in [-0.3, -0.25) is 0 Å². The van der Waals surface area contributed by atoms with Crippen LogP contribution in [0.3, 0.4) is 0 Å². The molecular formula is C7H13NO3S. The Morgan fingerprint density at radius 2 is 2.50 bits per heavy atom. The Labute approximate surface area is 75.8 Å². The van der Waals surface area contributed by atoms with E-state index < -0.39 is 6.09 Å². The van der Waals surface area contributed by atoms with E-state index in [-0.39, 0.29) is 17.6 Å². The molecule has 1 fully saturated rings. The molecule has 0 unspecified atom stereocenters. The second-order valence-electron chi connectivity index (χ2n) is 3.08. The molecule has 0 aromatic heterocycles. The van der Waals surface area contributed by atoms with Gasteiger partial charge in [-0.05, 0) is 13.8 Å². The van der Waals surface area contributed by atoms with Crippen LogP contribution < -0.4 is 5.73 Å². The maximum Gasteiger partial charge on any atom is 0.404 e. The van der Waals surface area contributed by atoms with Crippen molar-refractivity contribution < 1.29 is 14.3 Å². The van der Waals surface area contributed by atoms with E-state index in [9.17, 15) is 4.79 Å². The van der Waals surface area contributed by atoms with E-state index >= 15 is 0 Å². The third-order valence-corrected chi connectivity index (χ3v) is 2.81. The monoisotopic (exact) mass is 191 g/mol. The molecular weight excluding hydrogens is 178 g/mol. The van der Waals surface area contributed by atoms with E-state index in [1.165, 1.54) is 0 Å². The third-order valence-electron chi connectivity index (χ3n) is 1.48.